The van der Waals surface area contributed by atoms with Crippen LogP contribution in [0.25, 0.3) is 11.3 Å². The SMILES string of the molecule is COC(=O)c1cccc(OCc2ncc(-c3ccc(Cl)cc3)o2)c1. The molecule has 0 unspecified atom stereocenters. The van der Waals surface area contributed by atoms with Crippen molar-refractivity contribution in [2.24, 2.45) is 0 Å². The van der Waals surface area contributed by atoms with E-state index in [1.807, 2.05) is 12.1 Å². The molecule has 6 heteroatoms. The fourth-order valence-electron chi connectivity index (χ4n) is 2.10. The molecular formula is C18H14ClNO4. The number of carbonyl (C=O) groups excluding carboxylic acids is 1. The van der Waals surface area contributed by atoms with E-state index >= 15 is 0 Å². The van der Waals surface area contributed by atoms with Crippen LogP contribution in [0.1, 0.15) is 16.2 Å². The highest BCUT2D eigenvalue weighted by molar-refractivity contribution is 6.30. The fourth-order valence-corrected chi connectivity index (χ4v) is 2.23. The number of methoxy groups -OCH3 is 1. The average Bonchev–Trinajstić information content (AvgIpc) is 3.09. The third-order valence-corrected chi connectivity index (χ3v) is 3.55. The summed E-state index contributed by atoms with van der Waals surface area (Å²) in [4.78, 5) is 15.7. The molecule has 0 aliphatic rings. The van der Waals surface area contributed by atoms with E-state index in [0.717, 1.165) is 5.56 Å². The monoisotopic (exact) mass is 343 g/mol. The molecule has 122 valence electrons. The number of nitrogens with zero attached hydrogens (tertiary/aromatic N) is 1. The van der Waals surface area contributed by atoms with Crippen molar-refractivity contribution in [1.82, 2.24) is 4.98 Å². The van der Waals surface area contributed by atoms with Crippen LogP contribution in [-0.4, -0.2) is 18.1 Å². The third kappa shape index (κ3) is 3.75. The van der Waals surface area contributed by atoms with Gasteiger partial charge in [-0.05, 0) is 42.5 Å². The standard InChI is InChI=1S/C18H14ClNO4/c1-22-18(21)13-3-2-4-15(9-13)23-11-17-20-10-16(24-17)12-5-7-14(19)8-6-12/h2-10H,11H2,1H3. The Labute approximate surface area is 143 Å². The Kier molecular flexibility index (Phi) is 4.82. The Bertz CT molecular complexity index is 842. The van der Waals surface area contributed by atoms with Crippen LogP contribution in [0.3, 0.4) is 0 Å². The van der Waals surface area contributed by atoms with Crippen LogP contribution in [0.15, 0.2) is 59.1 Å². The second kappa shape index (κ2) is 7.19. The molecular weight excluding hydrogens is 330 g/mol. The Morgan fingerprint density at radius 2 is 2.00 bits per heavy atom. The molecule has 0 aliphatic heterocycles. The molecule has 1 aromatic heterocycles. The third-order valence-electron chi connectivity index (χ3n) is 3.30. The number of aromatic nitrogens is 1. The molecule has 5 nitrogen and oxygen atoms in total. The first-order valence-electron chi connectivity index (χ1n) is 7.17. The van der Waals surface area contributed by atoms with Crippen LogP contribution in [0.5, 0.6) is 5.75 Å². The quantitative estimate of drug-likeness (QED) is 0.644. The summed E-state index contributed by atoms with van der Waals surface area (Å²) in [6.45, 7) is 0.151. The lowest BCUT2D eigenvalue weighted by Gasteiger charge is -2.05. The first-order valence-corrected chi connectivity index (χ1v) is 7.55. The van der Waals surface area contributed by atoms with Gasteiger partial charge in [0.2, 0.25) is 5.89 Å². The highest BCUT2D eigenvalue weighted by Crippen LogP contribution is 2.23. The zero-order chi connectivity index (χ0) is 16.9. The van der Waals surface area contributed by atoms with Gasteiger partial charge in [0.25, 0.3) is 0 Å². The molecule has 3 aromatic rings. The minimum Gasteiger partial charge on any atom is -0.484 e. The lowest BCUT2D eigenvalue weighted by molar-refractivity contribution is 0.0600. The van der Waals surface area contributed by atoms with Gasteiger partial charge in [-0.1, -0.05) is 17.7 Å². The summed E-state index contributed by atoms with van der Waals surface area (Å²) in [5.74, 6) is 1.18. The maximum atomic E-state index is 11.5. The van der Waals surface area contributed by atoms with Crippen molar-refractivity contribution >= 4 is 17.6 Å². The van der Waals surface area contributed by atoms with E-state index in [4.69, 9.17) is 20.8 Å². The van der Waals surface area contributed by atoms with Crippen LogP contribution in [-0.2, 0) is 11.3 Å². The predicted octanol–water partition coefficient (Wildman–Crippen LogP) is 4.36. The fraction of sp³-hybridized carbons (Fsp3) is 0.111. The number of oxazole rings is 1. The molecule has 0 N–H and O–H groups in total. The Balaban J connectivity index is 1.67. The summed E-state index contributed by atoms with van der Waals surface area (Å²) >= 11 is 5.87. The number of benzene rings is 2. The second-order valence-corrected chi connectivity index (χ2v) is 5.37. The topological polar surface area (TPSA) is 61.6 Å². The van der Waals surface area contributed by atoms with E-state index in [9.17, 15) is 4.79 Å². The summed E-state index contributed by atoms with van der Waals surface area (Å²) in [6.07, 6.45) is 1.63. The van der Waals surface area contributed by atoms with Gasteiger partial charge in [0.05, 0.1) is 18.9 Å². The minimum absolute atomic E-state index is 0.151. The van der Waals surface area contributed by atoms with Gasteiger partial charge >= 0.3 is 5.97 Å². The molecule has 1 heterocycles. The second-order valence-electron chi connectivity index (χ2n) is 4.93. The van der Waals surface area contributed by atoms with Gasteiger partial charge < -0.3 is 13.9 Å². The lowest BCUT2D eigenvalue weighted by Crippen LogP contribution is -2.02. The number of esters is 1. The molecule has 0 spiro atoms. The van der Waals surface area contributed by atoms with Crippen molar-refractivity contribution in [1.29, 1.82) is 0 Å². The number of carbonyl (C=O) groups is 1. The molecule has 0 aliphatic carbocycles. The minimum atomic E-state index is -0.415. The van der Waals surface area contributed by atoms with Gasteiger partial charge in [0, 0.05) is 10.6 Å². The van der Waals surface area contributed by atoms with Crippen molar-refractivity contribution < 1.29 is 18.7 Å². The van der Waals surface area contributed by atoms with Crippen molar-refractivity contribution in [2.45, 2.75) is 6.61 Å². The molecule has 0 radical (unpaired) electrons. The molecule has 0 fully saturated rings. The first kappa shape index (κ1) is 16.1. The van der Waals surface area contributed by atoms with E-state index in [2.05, 4.69) is 9.72 Å². The Morgan fingerprint density at radius 1 is 1.21 bits per heavy atom. The summed E-state index contributed by atoms with van der Waals surface area (Å²) in [7, 11) is 1.33. The van der Waals surface area contributed by atoms with Gasteiger partial charge in [0.1, 0.15) is 5.75 Å². The van der Waals surface area contributed by atoms with Gasteiger partial charge in [-0.3, -0.25) is 0 Å². The number of ether oxygens (including phenoxy) is 2. The van der Waals surface area contributed by atoms with Gasteiger partial charge in [-0.2, -0.15) is 0 Å². The molecule has 0 saturated heterocycles. The van der Waals surface area contributed by atoms with Crippen molar-refractivity contribution in [3.8, 4) is 17.1 Å². The maximum absolute atomic E-state index is 11.5. The van der Waals surface area contributed by atoms with Crippen molar-refractivity contribution in [3.05, 3.63) is 71.2 Å². The van der Waals surface area contributed by atoms with Crippen LogP contribution in [0, 0.1) is 0 Å². The molecule has 0 saturated carbocycles. The number of hydrogen-bond donors (Lipinski definition) is 0. The van der Waals surface area contributed by atoms with Gasteiger partial charge in [-0.15, -0.1) is 0 Å². The highest BCUT2D eigenvalue weighted by Gasteiger charge is 2.09. The largest absolute Gasteiger partial charge is 0.484 e. The Morgan fingerprint density at radius 3 is 2.75 bits per heavy atom. The molecule has 2 aromatic carbocycles. The smallest absolute Gasteiger partial charge is 0.337 e. The van der Waals surface area contributed by atoms with Gasteiger partial charge in [0.15, 0.2) is 12.4 Å². The summed E-state index contributed by atoms with van der Waals surface area (Å²) in [5.41, 5.74) is 1.30. The van der Waals surface area contributed by atoms with Crippen LogP contribution in [0.4, 0.5) is 0 Å². The van der Waals surface area contributed by atoms with Crippen molar-refractivity contribution in [2.75, 3.05) is 7.11 Å². The van der Waals surface area contributed by atoms with Crippen LogP contribution < -0.4 is 4.74 Å². The van der Waals surface area contributed by atoms with E-state index in [0.29, 0.717) is 28.0 Å². The van der Waals surface area contributed by atoms with Gasteiger partial charge in [-0.25, -0.2) is 9.78 Å². The normalized spacial score (nSPS) is 10.4. The molecule has 0 bridgehead atoms. The summed E-state index contributed by atoms with van der Waals surface area (Å²) in [5, 5.41) is 0.660. The zero-order valence-corrected chi connectivity index (χ0v) is 13.6. The summed E-state index contributed by atoms with van der Waals surface area (Å²) in [6, 6.07) is 14.0. The zero-order valence-electron chi connectivity index (χ0n) is 12.9. The highest BCUT2D eigenvalue weighted by atomic mass is 35.5. The van der Waals surface area contributed by atoms with Crippen molar-refractivity contribution in [3.63, 3.8) is 0 Å². The van der Waals surface area contributed by atoms with E-state index in [1.54, 1.807) is 42.6 Å². The maximum Gasteiger partial charge on any atom is 0.337 e. The lowest BCUT2D eigenvalue weighted by atomic mass is 10.2. The van der Waals surface area contributed by atoms with Crippen LogP contribution in [0.2, 0.25) is 5.02 Å². The molecule has 24 heavy (non-hydrogen) atoms. The predicted molar refractivity (Wildman–Crippen MR) is 89.1 cm³/mol. The molecule has 0 amide bonds. The van der Waals surface area contributed by atoms with E-state index in [-0.39, 0.29) is 6.61 Å². The Hall–Kier alpha value is -2.79. The van der Waals surface area contributed by atoms with E-state index < -0.39 is 5.97 Å². The first-order chi connectivity index (χ1) is 11.7. The van der Waals surface area contributed by atoms with Crippen LogP contribution >= 0.6 is 11.6 Å². The average molecular weight is 344 g/mol. The van der Waals surface area contributed by atoms with E-state index in [1.165, 1.54) is 7.11 Å². The molecule has 3 rings (SSSR count). The number of rotatable bonds is 5. The number of halogens is 1. The summed E-state index contributed by atoms with van der Waals surface area (Å²) < 4.78 is 15.9. The molecule has 0 atom stereocenters. The number of hydrogen-bond acceptors (Lipinski definition) is 5.